The normalized spacial score (nSPS) is 10.7. The molecule has 1 amide bonds. The number of alkyl halides is 3. The van der Waals surface area contributed by atoms with Crippen molar-refractivity contribution in [3.05, 3.63) is 35.4 Å². The van der Waals surface area contributed by atoms with Crippen LogP contribution in [-0.4, -0.2) is 35.7 Å². The predicted molar refractivity (Wildman–Crippen MR) is 72.2 cm³/mol. The highest BCUT2D eigenvalue weighted by Crippen LogP contribution is 2.20. The Morgan fingerprint density at radius 2 is 1.90 bits per heavy atom. The number of halogens is 3. The van der Waals surface area contributed by atoms with Crippen LogP contribution >= 0.6 is 0 Å². The van der Waals surface area contributed by atoms with E-state index in [1.165, 1.54) is 7.05 Å². The second-order valence-electron chi connectivity index (χ2n) is 4.51. The molecular weight excluding hydrogens is 283 g/mol. The molecule has 0 aliphatic carbocycles. The minimum atomic E-state index is -4.49. The van der Waals surface area contributed by atoms with Crippen LogP contribution in [0.1, 0.15) is 24.0 Å². The Labute approximate surface area is 121 Å². The van der Waals surface area contributed by atoms with Gasteiger partial charge in [-0.1, -0.05) is 24.0 Å². The molecule has 0 saturated heterocycles. The number of rotatable bonds is 4. The number of hydrogen-bond donors (Lipinski definition) is 1. The average molecular weight is 299 g/mol. The zero-order chi connectivity index (χ0) is 15.9. The number of hydrogen-bond acceptors (Lipinski definition) is 2. The molecule has 0 radical (unpaired) electrons. The lowest BCUT2D eigenvalue weighted by molar-refractivity contribution is -0.160. The molecule has 6 heteroatoms. The van der Waals surface area contributed by atoms with E-state index in [4.69, 9.17) is 5.11 Å². The maximum atomic E-state index is 12.1. The van der Waals surface area contributed by atoms with Crippen molar-refractivity contribution in [1.82, 2.24) is 4.90 Å². The van der Waals surface area contributed by atoms with E-state index in [1.54, 1.807) is 24.3 Å². The van der Waals surface area contributed by atoms with Gasteiger partial charge in [-0.3, -0.25) is 4.79 Å². The fraction of sp³-hybridized carbons (Fsp3) is 0.400. The highest BCUT2D eigenvalue weighted by Gasteiger charge is 2.32. The van der Waals surface area contributed by atoms with E-state index in [0.717, 1.165) is 16.0 Å². The summed E-state index contributed by atoms with van der Waals surface area (Å²) in [5.41, 5.74) is 1.47. The van der Waals surface area contributed by atoms with Gasteiger partial charge < -0.3 is 10.0 Å². The van der Waals surface area contributed by atoms with Gasteiger partial charge in [-0.2, -0.15) is 13.2 Å². The minimum absolute atomic E-state index is 0.00278. The molecule has 0 unspecified atom stereocenters. The lowest BCUT2D eigenvalue weighted by Crippen LogP contribution is -2.30. The summed E-state index contributed by atoms with van der Waals surface area (Å²) in [6.07, 6.45) is -5.55. The average Bonchev–Trinajstić information content (AvgIpc) is 2.39. The fourth-order valence-corrected chi connectivity index (χ4v) is 1.58. The van der Waals surface area contributed by atoms with Crippen LogP contribution < -0.4 is 0 Å². The second kappa shape index (κ2) is 7.70. The third kappa shape index (κ3) is 6.82. The van der Waals surface area contributed by atoms with Crippen LogP contribution in [0.15, 0.2) is 24.3 Å². The maximum absolute atomic E-state index is 12.1. The van der Waals surface area contributed by atoms with Crippen molar-refractivity contribution in [2.24, 2.45) is 0 Å². The number of carbonyl (C=O) groups is 1. The van der Waals surface area contributed by atoms with Crippen LogP contribution in [0.25, 0.3) is 0 Å². The standard InChI is InChI=1S/C15H16F3NO2/c1-19(14(21)10-15(16,17)18)11-13-7-5-12(6-8-13)4-2-3-9-20/h5-8,20H,3,9-11H2,1H3. The van der Waals surface area contributed by atoms with Gasteiger partial charge in [-0.15, -0.1) is 0 Å². The van der Waals surface area contributed by atoms with Gasteiger partial charge in [0, 0.05) is 25.6 Å². The molecule has 0 aliphatic rings. The first-order chi connectivity index (χ1) is 9.81. The molecule has 0 aliphatic heterocycles. The van der Waals surface area contributed by atoms with Gasteiger partial charge in [0.05, 0.1) is 6.61 Å². The Bertz CT molecular complexity index is 527. The summed E-state index contributed by atoms with van der Waals surface area (Å²) in [6.45, 7) is 0.108. The molecule has 0 heterocycles. The Hall–Kier alpha value is -2.00. The quantitative estimate of drug-likeness (QED) is 0.867. The van der Waals surface area contributed by atoms with Crippen molar-refractivity contribution >= 4 is 5.91 Å². The van der Waals surface area contributed by atoms with Crippen LogP contribution in [0.3, 0.4) is 0 Å². The summed E-state index contributed by atoms with van der Waals surface area (Å²) in [7, 11) is 1.34. The number of nitrogens with zero attached hydrogens (tertiary/aromatic N) is 1. The van der Waals surface area contributed by atoms with Gasteiger partial charge >= 0.3 is 6.18 Å². The lowest BCUT2D eigenvalue weighted by atomic mass is 10.1. The van der Waals surface area contributed by atoms with Gasteiger partial charge in [0.1, 0.15) is 6.42 Å². The Morgan fingerprint density at radius 3 is 2.43 bits per heavy atom. The Morgan fingerprint density at radius 1 is 1.29 bits per heavy atom. The van der Waals surface area contributed by atoms with Crippen LogP contribution in [0, 0.1) is 11.8 Å². The molecule has 114 valence electrons. The van der Waals surface area contributed by atoms with Gasteiger partial charge in [-0.25, -0.2) is 0 Å². The van der Waals surface area contributed by atoms with Gasteiger partial charge in [-0.05, 0) is 17.7 Å². The molecule has 0 atom stereocenters. The van der Waals surface area contributed by atoms with E-state index in [0.29, 0.717) is 6.42 Å². The SMILES string of the molecule is CN(Cc1ccc(C#CCCO)cc1)C(=O)CC(F)(F)F. The minimum Gasteiger partial charge on any atom is -0.395 e. The van der Waals surface area contributed by atoms with Gasteiger partial charge in [0.15, 0.2) is 0 Å². The molecule has 0 spiro atoms. The maximum Gasteiger partial charge on any atom is 0.397 e. The number of carbonyl (C=O) groups excluding carboxylic acids is 1. The molecule has 1 N–H and O–H groups in total. The van der Waals surface area contributed by atoms with Crippen LogP contribution in [-0.2, 0) is 11.3 Å². The summed E-state index contributed by atoms with van der Waals surface area (Å²) >= 11 is 0. The Kier molecular flexibility index (Phi) is 6.25. The van der Waals surface area contributed by atoms with E-state index in [9.17, 15) is 18.0 Å². The van der Waals surface area contributed by atoms with E-state index in [-0.39, 0.29) is 13.2 Å². The van der Waals surface area contributed by atoms with Crippen molar-refractivity contribution in [3.8, 4) is 11.8 Å². The number of amides is 1. The van der Waals surface area contributed by atoms with Gasteiger partial charge in [0.2, 0.25) is 5.91 Å². The zero-order valence-corrected chi connectivity index (χ0v) is 11.6. The van der Waals surface area contributed by atoms with Crippen LogP contribution in [0.4, 0.5) is 13.2 Å². The van der Waals surface area contributed by atoms with E-state index in [2.05, 4.69) is 11.8 Å². The summed E-state index contributed by atoms with van der Waals surface area (Å²) < 4.78 is 36.4. The summed E-state index contributed by atoms with van der Waals surface area (Å²) in [5, 5.41) is 8.60. The molecule has 0 aromatic heterocycles. The van der Waals surface area contributed by atoms with Crippen molar-refractivity contribution in [2.45, 2.75) is 25.6 Å². The summed E-state index contributed by atoms with van der Waals surface area (Å²) in [5.74, 6) is 4.64. The van der Waals surface area contributed by atoms with E-state index in [1.807, 2.05) is 0 Å². The molecular formula is C15H16F3NO2. The first-order valence-corrected chi connectivity index (χ1v) is 6.31. The smallest absolute Gasteiger partial charge is 0.395 e. The predicted octanol–water partition coefficient (Wildman–Crippen LogP) is 2.33. The first kappa shape index (κ1) is 17.1. The summed E-state index contributed by atoms with van der Waals surface area (Å²) in [4.78, 5) is 12.4. The van der Waals surface area contributed by atoms with Crippen molar-refractivity contribution in [2.75, 3.05) is 13.7 Å². The zero-order valence-electron chi connectivity index (χ0n) is 11.6. The third-order valence-corrected chi connectivity index (χ3v) is 2.62. The van der Waals surface area contributed by atoms with Crippen molar-refractivity contribution in [3.63, 3.8) is 0 Å². The van der Waals surface area contributed by atoms with E-state index >= 15 is 0 Å². The van der Waals surface area contributed by atoms with Gasteiger partial charge in [0.25, 0.3) is 0 Å². The molecule has 21 heavy (non-hydrogen) atoms. The second-order valence-corrected chi connectivity index (χ2v) is 4.51. The van der Waals surface area contributed by atoms with E-state index < -0.39 is 18.5 Å². The van der Waals surface area contributed by atoms with Crippen molar-refractivity contribution < 1.29 is 23.1 Å². The number of benzene rings is 1. The number of aliphatic hydroxyl groups excluding tert-OH is 1. The first-order valence-electron chi connectivity index (χ1n) is 6.31. The highest BCUT2D eigenvalue weighted by molar-refractivity contribution is 5.76. The molecule has 1 aromatic rings. The highest BCUT2D eigenvalue weighted by atomic mass is 19.4. The molecule has 0 bridgehead atoms. The largest absolute Gasteiger partial charge is 0.397 e. The molecule has 1 aromatic carbocycles. The molecule has 3 nitrogen and oxygen atoms in total. The lowest BCUT2D eigenvalue weighted by Gasteiger charge is -2.18. The van der Waals surface area contributed by atoms with Crippen molar-refractivity contribution in [1.29, 1.82) is 0 Å². The third-order valence-electron chi connectivity index (χ3n) is 2.62. The Balaban J connectivity index is 2.59. The monoisotopic (exact) mass is 299 g/mol. The molecule has 0 fully saturated rings. The topological polar surface area (TPSA) is 40.5 Å². The fourth-order valence-electron chi connectivity index (χ4n) is 1.58. The molecule has 0 saturated carbocycles. The molecule has 1 rings (SSSR count). The van der Waals surface area contributed by atoms with Crippen LogP contribution in [0.2, 0.25) is 0 Å². The summed E-state index contributed by atoms with van der Waals surface area (Å²) in [6, 6.07) is 6.87. The van der Waals surface area contributed by atoms with Crippen LogP contribution in [0.5, 0.6) is 0 Å². The number of aliphatic hydroxyl groups is 1.